The number of fused-ring (bicyclic) bond motifs is 1. The van der Waals surface area contributed by atoms with E-state index in [9.17, 15) is 0 Å². The maximum Gasteiger partial charge on any atom is 0.241 e. The van der Waals surface area contributed by atoms with E-state index in [2.05, 4.69) is 31.0 Å². The van der Waals surface area contributed by atoms with Crippen LogP contribution in [0.3, 0.4) is 0 Å². The fourth-order valence-corrected chi connectivity index (χ4v) is 3.84. The van der Waals surface area contributed by atoms with Crippen LogP contribution in [0.5, 0.6) is 11.5 Å². The number of ether oxygens (including phenoxy) is 2. The second-order valence-corrected chi connectivity index (χ2v) is 7.33. The van der Waals surface area contributed by atoms with Gasteiger partial charge >= 0.3 is 0 Å². The molecule has 24 heavy (non-hydrogen) atoms. The molecular formula is C16H14BrN3O3S. The molecule has 0 aliphatic carbocycles. The summed E-state index contributed by atoms with van der Waals surface area (Å²) in [6.45, 7) is 1.62. The lowest BCUT2D eigenvalue weighted by Gasteiger charge is -2.14. The third-order valence-electron chi connectivity index (χ3n) is 3.55. The first kappa shape index (κ1) is 15.6. The topological polar surface area (TPSA) is 60.6 Å². The van der Waals surface area contributed by atoms with Gasteiger partial charge in [-0.3, -0.25) is 4.90 Å². The van der Waals surface area contributed by atoms with Crippen molar-refractivity contribution in [1.29, 1.82) is 0 Å². The van der Waals surface area contributed by atoms with Gasteiger partial charge in [0.1, 0.15) is 0 Å². The fraction of sp³-hybridized carbons (Fsp3) is 0.250. The molecule has 3 aromatic rings. The Kier molecular flexibility index (Phi) is 4.26. The molecule has 124 valence electrons. The molecule has 8 heteroatoms. The molecule has 3 heterocycles. The predicted molar refractivity (Wildman–Crippen MR) is 93.0 cm³/mol. The monoisotopic (exact) mass is 407 g/mol. The number of thiophene rings is 1. The van der Waals surface area contributed by atoms with Gasteiger partial charge in [-0.2, -0.15) is 4.98 Å². The van der Waals surface area contributed by atoms with E-state index in [-0.39, 0.29) is 6.79 Å². The Hall–Kier alpha value is -1.90. The van der Waals surface area contributed by atoms with Crippen LogP contribution in [-0.4, -0.2) is 28.9 Å². The van der Waals surface area contributed by atoms with Crippen LogP contribution in [0.25, 0.3) is 10.7 Å². The van der Waals surface area contributed by atoms with Gasteiger partial charge < -0.3 is 14.0 Å². The fourth-order valence-electron chi connectivity index (χ4n) is 2.49. The average Bonchev–Trinajstić information content (AvgIpc) is 3.27. The molecule has 0 spiro atoms. The number of hydrogen-bond donors (Lipinski definition) is 0. The molecular weight excluding hydrogens is 394 g/mol. The molecule has 0 saturated heterocycles. The van der Waals surface area contributed by atoms with Crippen LogP contribution < -0.4 is 9.47 Å². The van der Waals surface area contributed by atoms with Crippen molar-refractivity contribution in [3.63, 3.8) is 0 Å². The standard InChI is InChI=1S/C16H14BrN3O3S/c1-20(6-10-2-3-12-13(4-10)22-9-21-12)7-15-18-16(19-23-15)14-5-11(17)8-24-14/h2-5,8H,6-7,9H2,1H3. The first-order valence-corrected chi connectivity index (χ1v) is 8.99. The van der Waals surface area contributed by atoms with Gasteiger partial charge in [0.25, 0.3) is 0 Å². The Labute approximate surface area is 151 Å². The van der Waals surface area contributed by atoms with Crippen molar-refractivity contribution in [2.24, 2.45) is 0 Å². The number of nitrogens with zero attached hydrogens (tertiary/aromatic N) is 3. The van der Waals surface area contributed by atoms with Crippen LogP contribution in [0.15, 0.2) is 38.6 Å². The number of halogens is 1. The zero-order chi connectivity index (χ0) is 16.5. The SMILES string of the molecule is CN(Cc1ccc2c(c1)OCO2)Cc1nc(-c2cc(Br)cs2)no1. The molecule has 0 unspecified atom stereocenters. The molecule has 6 nitrogen and oxygen atoms in total. The molecule has 2 aromatic heterocycles. The molecule has 4 rings (SSSR count). The second-order valence-electron chi connectivity index (χ2n) is 5.50. The van der Waals surface area contributed by atoms with Crippen molar-refractivity contribution in [3.8, 4) is 22.2 Å². The minimum absolute atomic E-state index is 0.290. The lowest BCUT2D eigenvalue weighted by Crippen LogP contribution is -2.17. The van der Waals surface area contributed by atoms with Crippen molar-refractivity contribution in [2.45, 2.75) is 13.1 Å². The van der Waals surface area contributed by atoms with Crippen LogP contribution in [0.1, 0.15) is 11.5 Å². The van der Waals surface area contributed by atoms with E-state index >= 15 is 0 Å². The molecule has 1 aliphatic rings. The van der Waals surface area contributed by atoms with Crippen LogP contribution in [0.4, 0.5) is 0 Å². The Morgan fingerprint density at radius 2 is 2.08 bits per heavy atom. The highest BCUT2D eigenvalue weighted by molar-refractivity contribution is 9.10. The van der Waals surface area contributed by atoms with E-state index in [0.717, 1.165) is 33.0 Å². The summed E-state index contributed by atoms with van der Waals surface area (Å²) in [5, 5.41) is 6.04. The second kappa shape index (κ2) is 6.54. The Morgan fingerprint density at radius 1 is 1.21 bits per heavy atom. The Balaban J connectivity index is 1.41. The van der Waals surface area contributed by atoms with Gasteiger partial charge in [0.15, 0.2) is 11.5 Å². The summed E-state index contributed by atoms with van der Waals surface area (Å²) in [5.74, 6) is 2.81. The summed E-state index contributed by atoms with van der Waals surface area (Å²) in [5.41, 5.74) is 1.14. The predicted octanol–water partition coefficient (Wildman–Crippen LogP) is 3.92. The van der Waals surface area contributed by atoms with Crippen molar-refractivity contribution >= 4 is 27.3 Å². The van der Waals surface area contributed by atoms with Crippen LogP contribution in [0, 0.1) is 0 Å². The maximum atomic E-state index is 5.41. The lowest BCUT2D eigenvalue weighted by atomic mass is 10.2. The smallest absolute Gasteiger partial charge is 0.241 e. The molecule has 0 radical (unpaired) electrons. The number of aromatic nitrogens is 2. The van der Waals surface area contributed by atoms with E-state index < -0.39 is 0 Å². The van der Waals surface area contributed by atoms with E-state index in [4.69, 9.17) is 14.0 Å². The lowest BCUT2D eigenvalue weighted by molar-refractivity contribution is 0.174. The highest BCUT2D eigenvalue weighted by Crippen LogP contribution is 2.33. The number of benzene rings is 1. The molecule has 0 bridgehead atoms. The van der Waals surface area contributed by atoms with E-state index in [1.54, 1.807) is 11.3 Å². The summed E-state index contributed by atoms with van der Waals surface area (Å²) in [6.07, 6.45) is 0. The van der Waals surface area contributed by atoms with Crippen molar-refractivity contribution < 1.29 is 14.0 Å². The van der Waals surface area contributed by atoms with Crippen molar-refractivity contribution in [1.82, 2.24) is 15.0 Å². The van der Waals surface area contributed by atoms with Crippen LogP contribution in [-0.2, 0) is 13.1 Å². The third kappa shape index (κ3) is 3.31. The molecule has 0 amide bonds. The normalized spacial score (nSPS) is 13.0. The van der Waals surface area contributed by atoms with Gasteiger partial charge in [0, 0.05) is 16.4 Å². The summed E-state index contributed by atoms with van der Waals surface area (Å²) < 4.78 is 17.1. The van der Waals surface area contributed by atoms with Gasteiger partial charge in [0.2, 0.25) is 18.5 Å². The molecule has 0 N–H and O–H groups in total. The first-order chi connectivity index (χ1) is 11.7. The first-order valence-electron chi connectivity index (χ1n) is 7.31. The van der Waals surface area contributed by atoms with Crippen molar-refractivity contribution in [2.75, 3.05) is 13.8 Å². The summed E-state index contributed by atoms with van der Waals surface area (Å²) >= 11 is 5.01. The molecule has 1 aliphatic heterocycles. The summed E-state index contributed by atoms with van der Waals surface area (Å²) in [6, 6.07) is 7.95. The van der Waals surface area contributed by atoms with E-state index in [0.29, 0.717) is 18.3 Å². The largest absolute Gasteiger partial charge is 0.454 e. The van der Waals surface area contributed by atoms with Gasteiger partial charge in [-0.25, -0.2) is 0 Å². The zero-order valence-corrected chi connectivity index (χ0v) is 15.3. The Bertz CT molecular complexity index is 864. The van der Waals surface area contributed by atoms with Crippen LogP contribution in [0.2, 0.25) is 0 Å². The third-order valence-corrected chi connectivity index (χ3v) is 5.24. The molecule has 0 saturated carbocycles. The summed E-state index contributed by atoms with van der Waals surface area (Å²) in [4.78, 5) is 7.55. The Morgan fingerprint density at radius 3 is 2.92 bits per heavy atom. The minimum Gasteiger partial charge on any atom is -0.454 e. The van der Waals surface area contributed by atoms with Gasteiger partial charge in [-0.1, -0.05) is 11.2 Å². The molecule has 1 aromatic carbocycles. The highest BCUT2D eigenvalue weighted by Gasteiger charge is 2.15. The van der Waals surface area contributed by atoms with Crippen molar-refractivity contribution in [3.05, 3.63) is 45.6 Å². The van der Waals surface area contributed by atoms with Gasteiger partial charge in [0.05, 0.1) is 11.4 Å². The van der Waals surface area contributed by atoms with Gasteiger partial charge in [-0.05, 0) is 46.7 Å². The van der Waals surface area contributed by atoms with E-state index in [1.807, 2.05) is 36.7 Å². The molecule has 0 fully saturated rings. The van der Waals surface area contributed by atoms with E-state index in [1.165, 1.54) is 0 Å². The van der Waals surface area contributed by atoms with Crippen LogP contribution >= 0.6 is 27.3 Å². The van der Waals surface area contributed by atoms with Gasteiger partial charge in [-0.15, -0.1) is 11.3 Å². The maximum absolute atomic E-state index is 5.41. The molecule has 0 atom stereocenters. The minimum atomic E-state index is 0.290. The number of hydrogen-bond acceptors (Lipinski definition) is 7. The quantitative estimate of drug-likeness (QED) is 0.638. The zero-order valence-electron chi connectivity index (χ0n) is 12.9. The number of rotatable bonds is 5. The average molecular weight is 408 g/mol. The summed E-state index contributed by atoms with van der Waals surface area (Å²) in [7, 11) is 2.01. The highest BCUT2D eigenvalue weighted by atomic mass is 79.9.